The third-order valence-electron chi connectivity index (χ3n) is 4.75. The standard InChI is InChI=1S/C21H21FN4OS/c22-18-9-7-15(8-10-18)12-19-24-25-21(28-19)23-13-16-3-5-17(6-4-16)14-26-11-1-2-20(26)27/h3-10H,1-2,11-14H2,(H,23,25). The summed E-state index contributed by atoms with van der Waals surface area (Å²) >= 11 is 1.50. The average molecular weight is 396 g/mol. The summed E-state index contributed by atoms with van der Waals surface area (Å²) in [7, 11) is 0. The molecule has 4 rings (SSSR count). The lowest BCUT2D eigenvalue weighted by Gasteiger charge is -2.15. The summed E-state index contributed by atoms with van der Waals surface area (Å²) in [5.41, 5.74) is 3.31. The van der Waals surface area contributed by atoms with Crippen molar-refractivity contribution in [3.8, 4) is 0 Å². The van der Waals surface area contributed by atoms with Crippen molar-refractivity contribution in [2.45, 2.75) is 32.4 Å². The van der Waals surface area contributed by atoms with Gasteiger partial charge < -0.3 is 10.2 Å². The number of halogens is 1. The van der Waals surface area contributed by atoms with E-state index in [0.717, 1.165) is 39.8 Å². The minimum atomic E-state index is -0.235. The molecule has 0 bridgehead atoms. The Morgan fingerprint density at radius 2 is 1.71 bits per heavy atom. The van der Waals surface area contributed by atoms with Crippen LogP contribution in [0.4, 0.5) is 9.52 Å². The number of carbonyl (C=O) groups excluding carboxylic acids is 1. The summed E-state index contributed by atoms with van der Waals surface area (Å²) in [4.78, 5) is 13.6. The molecule has 2 heterocycles. The van der Waals surface area contributed by atoms with Gasteiger partial charge in [-0.3, -0.25) is 4.79 Å². The summed E-state index contributed by atoms with van der Waals surface area (Å²) in [6.45, 7) is 2.21. The number of nitrogens with zero attached hydrogens (tertiary/aromatic N) is 3. The lowest BCUT2D eigenvalue weighted by atomic mass is 10.1. The van der Waals surface area contributed by atoms with Crippen molar-refractivity contribution in [3.63, 3.8) is 0 Å². The second-order valence-corrected chi connectivity index (χ2v) is 7.96. The van der Waals surface area contributed by atoms with E-state index in [0.29, 0.717) is 25.9 Å². The first-order valence-electron chi connectivity index (χ1n) is 9.32. The molecular weight excluding hydrogens is 375 g/mol. The summed E-state index contributed by atoms with van der Waals surface area (Å²) in [6, 6.07) is 14.7. The number of benzene rings is 2. The average Bonchev–Trinajstić information content (AvgIpc) is 3.32. The number of amides is 1. The first-order valence-corrected chi connectivity index (χ1v) is 10.1. The summed E-state index contributed by atoms with van der Waals surface area (Å²) < 4.78 is 13.0. The molecule has 5 nitrogen and oxygen atoms in total. The van der Waals surface area contributed by atoms with Gasteiger partial charge in [-0.2, -0.15) is 0 Å². The number of aromatic nitrogens is 2. The number of rotatable bonds is 7. The van der Waals surface area contributed by atoms with E-state index in [4.69, 9.17) is 0 Å². The molecule has 7 heteroatoms. The second kappa shape index (κ2) is 8.48. The van der Waals surface area contributed by atoms with Crippen LogP contribution < -0.4 is 5.32 Å². The number of likely N-dealkylation sites (tertiary alicyclic amines) is 1. The molecule has 3 aromatic rings. The highest BCUT2D eigenvalue weighted by Gasteiger charge is 2.19. The summed E-state index contributed by atoms with van der Waals surface area (Å²) in [5.74, 6) is 0.0138. The zero-order chi connectivity index (χ0) is 19.3. The van der Waals surface area contributed by atoms with Crippen molar-refractivity contribution in [2.24, 2.45) is 0 Å². The Labute approximate surface area is 167 Å². The summed E-state index contributed by atoms with van der Waals surface area (Å²) in [6.07, 6.45) is 2.28. The molecule has 2 aromatic carbocycles. The zero-order valence-electron chi connectivity index (χ0n) is 15.4. The molecule has 0 radical (unpaired) electrons. The Morgan fingerprint density at radius 1 is 1.00 bits per heavy atom. The van der Waals surface area contributed by atoms with E-state index in [-0.39, 0.29) is 11.7 Å². The number of anilines is 1. The maximum absolute atomic E-state index is 13.0. The smallest absolute Gasteiger partial charge is 0.222 e. The van der Waals surface area contributed by atoms with E-state index in [1.54, 1.807) is 12.1 Å². The highest BCUT2D eigenvalue weighted by molar-refractivity contribution is 7.15. The van der Waals surface area contributed by atoms with Gasteiger partial charge in [0, 0.05) is 32.5 Å². The van der Waals surface area contributed by atoms with Crippen molar-refractivity contribution in [3.05, 3.63) is 76.0 Å². The number of hydrogen-bond donors (Lipinski definition) is 1. The predicted octanol–water partition coefficient (Wildman–Crippen LogP) is 4.00. The molecule has 1 aromatic heterocycles. The fraction of sp³-hybridized carbons (Fsp3) is 0.286. The Morgan fingerprint density at radius 3 is 2.43 bits per heavy atom. The van der Waals surface area contributed by atoms with Gasteiger partial charge in [-0.1, -0.05) is 47.7 Å². The lowest BCUT2D eigenvalue weighted by molar-refractivity contribution is -0.128. The maximum atomic E-state index is 13.0. The van der Waals surface area contributed by atoms with E-state index in [9.17, 15) is 9.18 Å². The van der Waals surface area contributed by atoms with Crippen LogP contribution in [-0.4, -0.2) is 27.5 Å². The van der Waals surface area contributed by atoms with Crippen LogP contribution in [0.15, 0.2) is 48.5 Å². The van der Waals surface area contributed by atoms with Crippen molar-refractivity contribution in [2.75, 3.05) is 11.9 Å². The van der Waals surface area contributed by atoms with E-state index < -0.39 is 0 Å². The normalized spacial score (nSPS) is 13.9. The minimum absolute atomic E-state index is 0.235. The van der Waals surface area contributed by atoms with Crippen LogP contribution >= 0.6 is 11.3 Å². The molecule has 0 spiro atoms. The molecule has 1 fully saturated rings. The van der Waals surface area contributed by atoms with Gasteiger partial charge in [0.1, 0.15) is 10.8 Å². The number of carbonyl (C=O) groups is 1. The molecule has 0 unspecified atom stereocenters. The molecule has 0 aliphatic carbocycles. The Bertz CT molecular complexity index is 940. The van der Waals surface area contributed by atoms with Crippen LogP contribution in [0.1, 0.15) is 34.5 Å². The van der Waals surface area contributed by atoms with Crippen molar-refractivity contribution in [1.29, 1.82) is 0 Å². The van der Waals surface area contributed by atoms with Gasteiger partial charge >= 0.3 is 0 Å². The number of hydrogen-bond acceptors (Lipinski definition) is 5. The van der Waals surface area contributed by atoms with Gasteiger partial charge in [-0.05, 0) is 35.2 Å². The Balaban J connectivity index is 1.29. The predicted molar refractivity (Wildman–Crippen MR) is 108 cm³/mol. The van der Waals surface area contributed by atoms with Gasteiger partial charge in [0.2, 0.25) is 11.0 Å². The van der Waals surface area contributed by atoms with Crippen LogP contribution in [-0.2, 0) is 24.3 Å². The maximum Gasteiger partial charge on any atom is 0.222 e. The molecule has 0 saturated carbocycles. The van der Waals surface area contributed by atoms with E-state index >= 15 is 0 Å². The lowest BCUT2D eigenvalue weighted by Crippen LogP contribution is -2.23. The highest BCUT2D eigenvalue weighted by atomic mass is 32.1. The molecule has 144 valence electrons. The van der Waals surface area contributed by atoms with Gasteiger partial charge in [-0.25, -0.2) is 4.39 Å². The van der Waals surface area contributed by atoms with Crippen LogP contribution in [0.5, 0.6) is 0 Å². The van der Waals surface area contributed by atoms with Gasteiger partial charge in [-0.15, -0.1) is 10.2 Å². The molecule has 28 heavy (non-hydrogen) atoms. The topological polar surface area (TPSA) is 58.1 Å². The fourth-order valence-electron chi connectivity index (χ4n) is 3.21. The zero-order valence-corrected chi connectivity index (χ0v) is 16.2. The third kappa shape index (κ3) is 4.72. The quantitative estimate of drug-likeness (QED) is 0.656. The summed E-state index contributed by atoms with van der Waals surface area (Å²) in [5, 5.41) is 13.3. The SMILES string of the molecule is O=C1CCCN1Cc1ccc(CNc2nnc(Cc3ccc(F)cc3)s2)cc1. The van der Waals surface area contributed by atoms with Crippen LogP contribution in [0.25, 0.3) is 0 Å². The van der Waals surface area contributed by atoms with E-state index in [2.05, 4.69) is 39.8 Å². The Kier molecular flexibility index (Phi) is 5.62. The number of nitrogens with one attached hydrogen (secondary N) is 1. The molecule has 1 saturated heterocycles. The minimum Gasteiger partial charge on any atom is -0.356 e. The fourth-order valence-corrected chi connectivity index (χ4v) is 3.97. The van der Waals surface area contributed by atoms with Crippen LogP contribution in [0.3, 0.4) is 0 Å². The van der Waals surface area contributed by atoms with E-state index in [1.165, 1.54) is 23.5 Å². The molecule has 1 aliphatic rings. The van der Waals surface area contributed by atoms with Crippen molar-refractivity contribution < 1.29 is 9.18 Å². The molecule has 1 aliphatic heterocycles. The molecule has 0 atom stereocenters. The van der Waals surface area contributed by atoms with Crippen LogP contribution in [0.2, 0.25) is 0 Å². The Hall–Kier alpha value is -2.80. The third-order valence-corrected chi connectivity index (χ3v) is 5.63. The van der Waals surface area contributed by atoms with Gasteiger partial charge in [0.05, 0.1) is 0 Å². The van der Waals surface area contributed by atoms with E-state index in [1.807, 2.05) is 4.90 Å². The molecule has 1 N–H and O–H groups in total. The van der Waals surface area contributed by atoms with Crippen molar-refractivity contribution in [1.82, 2.24) is 15.1 Å². The van der Waals surface area contributed by atoms with Crippen molar-refractivity contribution >= 4 is 22.4 Å². The van der Waals surface area contributed by atoms with Gasteiger partial charge in [0.25, 0.3) is 0 Å². The van der Waals surface area contributed by atoms with Crippen LogP contribution in [0, 0.1) is 5.82 Å². The molecular formula is C21H21FN4OS. The monoisotopic (exact) mass is 396 g/mol. The first-order chi connectivity index (χ1) is 13.7. The first kappa shape index (κ1) is 18.6. The second-order valence-electron chi connectivity index (χ2n) is 6.89. The van der Waals surface area contributed by atoms with Gasteiger partial charge in [0.15, 0.2) is 0 Å². The molecule has 1 amide bonds. The largest absolute Gasteiger partial charge is 0.356 e. The highest BCUT2D eigenvalue weighted by Crippen LogP contribution is 2.20.